The van der Waals surface area contributed by atoms with Crippen LogP contribution >= 0.6 is 0 Å². The maximum absolute atomic E-state index is 13.1. The van der Waals surface area contributed by atoms with Crippen LogP contribution in [0, 0.1) is 5.82 Å². The van der Waals surface area contributed by atoms with E-state index >= 15 is 0 Å². The molecule has 0 spiro atoms. The van der Waals surface area contributed by atoms with Crippen molar-refractivity contribution >= 4 is 17.5 Å². The molecule has 0 fully saturated rings. The Morgan fingerprint density at radius 2 is 2.00 bits per heavy atom. The molecule has 8 heteroatoms. The zero-order chi connectivity index (χ0) is 18.3. The SMILES string of the molecule is CCC1c2nnc(C3=NC(C)=NC3)n2CCN1C(=O)c1ccc(F)cc1. The maximum Gasteiger partial charge on any atom is 0.254 e. The van der Waals surface area contributed by atoms with Crippen molar-refractivity contribution in [3.05, 3.63) is 47.3 Å². The fourth-order valence-electron chi connectivity index (χ4n) is 3.48. The molecule has 0 bridgehead atoms. The summed E-state index contributed by atoms with van der Waals surface area (Å²) in [6.45, 7) is 5.52. The van der Waals surface area contributed by atoms with E-state index in [1.54, 1.807) is 4.90 Å². The lowest BCUT2D eigenvalue weighted by atomic mass is 10.1. The van der Waals surface area contributed by atoms with Gasteiger partial charge in [-0.05, 0) is 37.6 Å². The molecule has 4 rings (SSSR count). The third kappa shape index (κ3) is 2.71. The number of halogens is 1. The molecule has 1 aromatic carbocycles. The van der Waals surface area contributed by atoms with Crippen LogP contribution in [0.25, 0.3) is 0 Å². The van der Waals surface area contributed by atoms with Crippen molar-refractivity contribution in [3.8, 4) is 0 Å². The number of rotatable bonds is 3. The van der Waals surface area contributed by atoms with Gasteiger partial charge in [0.25, 0.3) is 5.91 Å². The average molecular weight is 354 g/mol. The summed E-state index contributed by atoms with van der Waals surface area (Å²) < 4.78 is 15.2. The lowest BCUT2D eigenvalue weighted by molar-refractivity contribution is 0.0610. The first kappa shape index (κ1) is 16.6. The number of amidine groups is 1. The number of benzene rings is 1. The molecule has 0 saturated carbocycles. The molecule has 1 unspecified atom stereocenters. The molecule has 0 aliphatic carbocycles. The molecule has 26 heavy (non-hydrogen) atoms. The van der Waals surface area contributed by atoms with E-state index in [1.165, 1.54) is 24.3 Å². The molecule has 0 N–H and O–H groups in total. The molecular weight excluding hydrogens is 335 g/mol. The van der Waals surface area contributed by atoms with E-state index in [0.29, 0.717) is 31.6 Å². The van der Waals surface area contributed by atoms with Crippen molar-refractivity contribution < 1.29 is 9.18 Å². The molecule has 1 aromatic heterocycles. The first-order chi connectivity index (χ1) is 12.6. The largest absolute Gasteiger partial charge is 0.327 e. The fraction of sp³-hybridized carbons (Fsp3) is 0.389. The van der Waals surface area contributed by atoms with Crippen molar-refractivity contribution in [3.63, 3.8) is 0 Å². The molecule has 1 amide bonds. The van der Waals surface area contributed by atoms with Crippen molar-refractivity contribution in [1.29, 1.82) is 0 Å². The predicted molar refractivity (Wildman–Crippen MR) is 95.0 cm³/mol. The molecule has 3 heterocycles. The van der Waals surface area contributed by atoms with E-state index in [2.05, 4.69) is 20.2 Å². The number of aromatic nitrogens is 3. The summed E-state index contributed by atoms with van der Waals surface area (Å²) in [5, 5.41) is 8.66. The zero-order valence-corrected chi connectivity index (χ0v) is 14.7. The monoisotopic (exact) mass is 354 g/mol. The number of nitrogens with zero attached hydrogens (tertiary/aromatic N) is 6. The quantitative estimate of drug-likeness (QED) is 0.848. The van der Waals surface area contributed by atoms with Gasteiger partial charge in [0.05, 0.1) is 12.6 Å². The molecule has 2 aliphatic rings. The second kappa shape index (κ2) is 6.44. The van der Waals surface area contributed by atoms with Gasteiger partial charge in [0, 0.05) is 18.7 Å². The number of amides is 1. The summed E-state index contributed by atoms with van der Waals surface area (Å²) in [5.41, 5.74) is 1.29. The molecule has 2 aromatic rings. The fourth-order valence-corrected chi connectivity index (χ4v) is 3.48. The maximum atomic E-state index is 13.1. The molecule has 134 valence electrons. The van der Waals surface area contributed by atoms with Gasteiger partial charge in [-0.2, -0.15) is 0 Å². The van der Waals surface area contributed by atoms with Gasteiger partial charge in [0.2, 0.25) is 0 Å². The lowest BCUT2D eigenvalue weighted by Gasteiger charge is -2.35. The number of carbonyl (C=O) groups excluding carboxylic acids is 1. The standard InChI is InChI=1S/C18H19FN6O/c1-3-15-17-23-22-16(14-10-20-11(2)21-14)25(17)9-8-24(15)18(26)12-4-6-13(19)7-5-12/h4-7,15H,3,8-10H2,1-2H3. The molecule has 1 atom stereocenters. The topological polar surface area (TPSA) is 75.7 Å². The van der Waals surface area contributed by atoms with Crippen LogP contribution in [0.15, 0.2) is 34.3 Å². The van der Waals surface area contributed by atoms with Gasteiger partial charge < -0.3 is 9.47 Å². The lowest BCUT2D eigenvalue weighted by Crippen LogP contribution is -2.42. The van der Waals surface area contributed by atoms with Crippen molar-refractivity contribution in [2.45, 2.75) is 32.9 Å². The van der Waals surface area contributed by atoms with Gasteiger partial charge in [-0.25, -0.2) is 9.38 Å². The molecule has 2 aliphatic heterocycles. The van der Waals surface area contributed by atoms with E-state index in [9.17, 15) is 9.18 Å². The summed E-state index contributed by atoms with van der Waals surface area (Å²) in [4.78, 5) is 23.4. The number of hydrogen-bond donors (Lipinski definition) is 0. The Bertz CT molecular complexity index is 914. The first-order valence-electron chi connectivity index (χ1n) is 8.67. The Morgan fingerprint density at radius 3 is 2.65 bits per heavy atom. The highest BCUT2D eigenvalue weighted by atomic mass is 19.1. The highest BCUT2D eigenvalue weighted by Crippen LogP contribution is 2.29. The van der Waals surface area contributed by atoms with E-state index in [4.69, 9.17) is 0 Å². The second-order valence-electron chi connectivity index (χ2n) is 6.38. The average Bonchev–Trinajstić information content (AvgIpc) is 3.26. The van der Waals surface area contributed by atoms with Crippen LogP contribution in [-0.2, 0) is 6.54 Å². The minimum absolute atomic E-state index is 0.120. The summed E-state index contributed by atoms with van der Waals surface area (Å²) in [6, 6.07) is 5.47. The van der Waals surface area contributed by atoms with Crippen LogP contribution < -0.4 is 0 Å². The number of carbonyl (C=O) groups is 1. The summed E-state index contributed by atoms with van der Waals surface area (Å²) >= 11 is 0. The van der Waals surface area contributed by atoms with Crippen LogP contribution in [-0.4, -0.2) is 50.2 Å². The van der Waals surface area contributed by atoms with Crippen LogP contribution in [0.2, 0.25) is 0 Å². The number of aliphatic imine (C=N–C) groups is 2. The van der Waals surface area contributed by atoms with Gasteiger partial charge >= 0.3 is 0 Å². The van der Waals surface area contributed by atoms with E-state index in [0.717, 1.165) is 23.2 Å². The van der Waals surface area contributed by atoms with E-state index in [1.807, 2.05) is 18.4 Å². The summed E-state index contributed by atoms with van der Waals surface area (Å²) in [6.07, 6.45) is 0.715. The second-order valence-corrected chi connectivity index (χ2v) is 6.38. The minimum atomic E-state index is -0.355. The molecule has 0 saturated heterocycles. The molecular formula is C18H19FN6O. The third-order valence-corrected chi connectivity index (χ3v) is 4.77. The van der Waals surface area contributed by atoms with Gasteiger partial charge in [-0.3, -0.25) is 9.79 Å². The third-order valence-electron chi connectivity index (χ3n) is 4.77. The van der Waals surface area contributed by atoms with Crippen molar-refractivity contribution in [2.24, 2.45) is 9.98 Å². The Morgan fingerprint density at radius 1 is 1.23 bits per heavy atom. The van der Waals surface area contributed by atoms with Gasteiger partial charge in [-0.15, -0.1) is 10.2 Å². The molecule has 0 radical (unpaired) electrons. The van der Waals surface area contributed by atoms with Gasteiger partial charge in [-0.1, -0.05) is 6.92 Å². The first-order valence-corrected chi connectivity index (χ1v) is 8.67. The minimum Gasteiger partial charge on any atom is -0.327 e. The van der Waals surface area contributed by atoms with E-state index in [-0.39, 0.29) is 17.8 Å². The Hall–Kier alpha value is -2.90. The van der Waals surface area contributed by atoms with Crippen LogP contribution in [0.4, 0.5) is 4.39 Å². The zero-order valence-electron chi connectivity index (χ0n) is 14.7. The summed E-state index contributed by atoms with van der Waals surface area (Å²) in [5.74, 6) is 1.76. The van der Waals surface area contributed by atoms with Crippen molar-refractivity contribution in [1.82, 2.24) is 19.7 Å². The van der Waals surface area contributed by atoms with Gasteiger partial charge in [0.15, 0.2) is 11.6 Å². The number of fused-ring (bicyclic) bond motifs is 1. The predicted octanol–water partition coefficient (Wildman–Crippen LogP) is 2.25. The number of hydrogen-bond acceptors (Lipinski definition) is 5. The van der Waals surface area contributed by atoms with E-state index < -0.39 is 0 Å². The Balaban J connectivity index is 1.64. The van der Waals surface area contributed by atoms with Crippen molar-refractivity contribution in [2.75, 3.05) is 13.1 Å². The van der Waals surface area contributed by atoms with Crippen LogP contribution in [0.3, 0.4) is 0 Å². The smallest absolute Gasteiger partial charge is 0.254 e. The Kier molecular flexibility index (Phi) is 4.10. The Labute approximate surface area is 150 Å². The van der Waals surface area contributed by atoms with Crippen LogP contribution in [0.1, 0.15) is 48.3 Å². The van der Waals surface area contributed by atoms with Crippen LogP contribution in [0.5, 0.6) is 0 Å². The van der Waals surface area contributed by atoms with Gasteiger partial charge in [0.1, 0.15) is 17.4 Å². The highest BCUT2D eigenvalue weighted by Gasteiger charge is 2.34. The summed E-state index contributed by atoms with van der Waals surface area (Å²) in [7, 11) is 0. The highest BCUT2D eigenvalue weighted by molar-refractivity contribution is 6.10. The normalized spacial score (nSPS) is 19.2. The molecule has 7 nitrogen and oxygen atoms in total.